The Morgan fingerprint density at radius 2 is 1.80 bits per heavy atom. The molecule has 5 aliphatic heterocycles. The molecule has 2 aromatic carbocycles. The first-order chi connectivity index (χ1) is 28.6. The van der Waals surface area contributed by atoms with Gasteiger partial charge in [0.05, 0.1) is 21.3 Å². The SMILES string of the molecule is CC1=C(C#Cc2ccc(CN3CCC(CNc4cccc5c4CN(C4CCC(=O)NC4=O)C5=O)CC3)nc2)SC2=CC1C(c1ccc(Cl)cc1)=N[C@@H](C)c1nnc(C)n12. The molecule has 3 amide bonds. The molecule has 4 aromatic rings. The highest BCUT2D eigenvalue weighted by Crippen LogP contribution is 2.44. The van der Waals surface area contributed by atoms with Gasteiger partial charge in [-0.3, -0.25) is 39.1 Å². The van der Waals surface area contributed by atoms with Crippen LogP contribution in [0.3, 0.4) is 0 Å². The van der Waals surface area contributed by atoms with E-state index in [9.17, 15) is 14.4 Å². The number of allylic oxidation sites excluding steroid dienone is 3. The van der Waals surface area contributed by atoms with Crippen LogP contribution in [0.4, 0.5) is 5.69 Å². The van der Waals surface area contributed by atoms with Gasteiger partial charge in [0.2, 0.25) is 11.8 Å². The molecule has 300 valence electrons. The summed E-state index contributed by atoms with van der Waals surface area (Å²) in [4.78, 5) is 52.5. The Morgan fingerprint density at radius 1 is 0.983 bits per heavy atom. The van der Waals surface area contributed by atoms with Crippen molar-refractivity contribution >= 4 is 57.5 Å². The number of nitrogens with zero attached hydrogens (tertiary/aromatic N) is 7. The minimum atomic E-state index is -0.621. The number of carbonyl (C=O) groups excluding carboxylic acids is 3. The molecule has 2 N–H and O–H groups in total. The number of aliphatic imine (C=N–C) groups is 1. The van der Waals surface area contributed by atoms with Gasteiger partial charge < -0.3 is 10.2 Å². The third-order valence-corrected chi connectivity index (χ3v) is 13.4. The number of imide groups is 1. The van der Waals surface area contributed by atoms with Crippen LogP contribution in [0.5, 0.6) is 0 Å². The molecule has 2 saturated heterocycles. The molecule has 2 unspecified atom stereocenters. The molecular weight excluding hydrogens is 782 g/mol. The predicted octanol–water partition coefficient (Wildman–Crippen LogP) is 6.77. The number of amides is 3. The maximum absolute atomic E-state index is 13.3. The Morgan fingerprint density at radius 3 is 2.56 bits per heavy atom. The van der Waals surface area contributed by atoms with Gasteiger partial charge in [-0.2, -0.15) is 0 Å². The average molecular weight is 826 g/mol. The lowest BCUT2D eigenvalue weighted by Crippen LogP contribution is -2.52. The Bertz CT molecular complexity index is 2510. The number of benzene rings is 2. The number of fused-ring (bicyclic) bond motifs is 4. The maximum Gasteiger partial charge on any atom is 0.255 e. The Labute approximate surface area is 352 Å². The van der Waals surface area contributed by atoms with Gasteiger partial charge in [-0.25, -0.2) is 0 Å². The summed E-state index contributed by atoms with van der Waals surface area (Å²) in [6.07, 6.45) is 6.82. The van der Waals surface area contributed by atoms with Crippen LogP contribution in [0.15, 0.2) is 82.3 Å². The lowest BCUT2D eigenvalue weighted by atomic mass is 9.89. The first-order valence-electron chi connectivity index (χ1n) is 20.2. The summed E-state index contributed by atoms with van der Waals surface area (Å²) in [6.45, 7) is 10.1. The van der Waals surface area contributed by atoms with Crippen molar-refractivity contribution in [2.45, 2.75) is 71.6 Å². The van der Waals surface area contributed by atoms with E-state index in [4.69, 9.17) is 21.6 Å². The second kappa shape index (κ2) is 16.2. The topological polar surface area (TPSA) is 138 Å². The van der Waals surface area contributed by atoms with Crippen molar-refractivity contribution in [1.29, 1.82) is 0 Å². The molecule has 5 aliphatic rings. The maximum atomic E-state index is 13.3. The zero-order valence-electron chi connectivity index (χ0n) is 33.2. The van der Waals surface area contributed by atoms with Crippen molar-refractivity contribution in [3.05, 3.63) is 122 Å². The van der Waals surface area contributed by atoms with E-state index >= 15 is 0 Å². The van der Waals surface area contributed by atoms with Gasteiger partial charge in [-0.05, 0) is 113 Å². The van der Waals surface area contributed by atoms with Gasteiger partial charge in [0.25, 0.3) is 5.91 Å². The van der Waals surface area contributed by atoms with Crippen molar-refractivity contribution in [1.82, 2.24) is 34.9 Å². The van der Waals surface area contributed by atoms with Crippen molar-refractivity contribution in [3.8, 4) is 11.8 Å². The number of carbonyl (C=O) groups is 3. The van der Waals surface area contributed by atoms with Crippen LogP contribution in [0, 0.1) is 30.6 Å². The number of pyridine rings is 1. The number of hydrogen-bond donors (Lipinski definition) is 2. The lowest BCUT2D eigenvalue weighted by Gasteiger charge is -2.32. The number of anilines is 1. The Hall–Kier alpha value is -5.55. The largest absolute Gasteiger partial charge is 0.384 e. The summed E-state index contributed by atoms with van der Waals surface area (Å²) in [5.41, 5.74) is 7.47. The van der Waals surface area contributed by atoms with Crippen LogP contribution in [0.25, 0.3) is 5.03 Å². The first-order valence-corrected chi connectivity index (χ1v) is 21.3. The number of aromatic nitrogens is 4. The van der Waals surface area contributed by atoms with Gasteiger partial charge in [0.15, 0.2) is 5.82 Å². The molecule has 2 aromatic heterocycles. The number of rotatable bonds is 7. The third kappa shape index (κ3) is 7.84. The third-order valence-electron chi connectivity index (χ3n) is 12.0. The van der Waals surface area contributed by atoms with Crippen LogP contribution < -0.4 is 10.6 Å². The van der Waals surface area contributed by atoms with Crippen LogP contribution in [-0.2, 0) is 22.7 Å². The van der Waals surface area contributed by atoms with E-state index in [1.165, 1.54) is 0 Å². The molecular formula is C45H44ClN9O3S. The summed E-state index contributed by atoms with van der Waals surface area (Å²) in [6, 6.07) is 16.9. The van der Waals surface area contributed by atoms with E-state index < -0.39 is 11.9 Å². The van der Waals surface area contributed by atoms with Crippen LogP contribution in [-0.4, -0.2) is 78.7 Å². The van der Waals surface area contributed by atoms with Gasteiger partial charge >= 0.3 is 0 Å². The number of hydrogen-bond acceptors (Lipinski definition) is 10. The minimum absolute atomic E-state index is 0.0721. The highest BCUT2D eigenvalue weighted by molar-refractivity contribution is 8.11. The summed E-state index contributed by atoms with van der Waals surface area (Å²) in [5, 5.41) is 16.6. The predicted molar refractivity (Wildman–Crippen MR) is 229 cm³/mol. The van der Waals surface area contributed by atoms with Gasteiger partial charge in [0.1, 0.15) is 17.9 Å². The quantitative estimate of drug-likeness (QED) is 0.153. The molecule has 0 radical (unpaired) electrons. The van der Waals surface area contributed by atoms with Crippen LogP contribution in [0.2, 0.25) is 5.02 Å². The van der Waals surface area contributed by atoms with E-state index in [2.05, 4.69) is 74.2 Å². The molecule has 2 bridgehead atoms. The first kappa shape index (κ1) is 38.9. The second-order valence-corrected chi connectivity index (χ2v) is 17.3. The average Bonchev–Trinajstić information content (AvgIpc) is 3.79. The van der Waals surface area contributed by atoms with Gasteiger partial charge in [0, 0.05) is 65.6 Å². The van der Waals surface area contributed by atoms with E-state index in [1.54, 1.807) is 16.7 Å². The molecule has 0 spiro atoms. The monoisotopic (exact) mass is 825 g/mol. The molecule has 12 nitrogen and oxygen atoms in total. The number of thioether (sulfide) groups is 1. The number of aryl methyl sites for hydroxylation is 1. The van der Waals surface area contributed by atoms with E-state index in [1.807, 2.05) is 55.6 Å². The van der Waals surface area contributed by atoms with E-state index in [0.717, 1.165) is 100.0 Å². The van der Waals surface area contributed by atoms with Crippen molar-refractivity contribution in [2.75, 3.05) is 25.0 Å². The van der Waals surface area contributed by atoms with E-state index in [-0.39, 0.29) is 30.2 Å². The molecule has 2 fully saturated rings. The zero-order valence-corrected chi connectivity index (χ0v) is 34.7. The summed E-state index contributed by atoms with van der Waals surface area (Å²) in [5.74, 6) is 8.08. The number of likely N-dealkylation sites (tertiary alicyclic amines) is 1. The minimum Gasteiger partial charge on any atom is -0.384 e. The number of nitrogens with one attached hydrogen (secondary N) is 2. The zero-order chi connectivity index (χ0) is 40.8. The highest BCUT2D eigenvalue weighted by atomic mass is 35.5. The Kier molecular flexibility index (Phi) is 10.7. The standard InChI is InChI=1S/C45H44ClN9O3S/c1-26-35-21-41(55-28(3)51-52-43(55)27(2)49-42(35)31-9-11-32(46)12-10-31)59-39(26)15-8-29-7-13-33(47-22-29)24-53-19-17-30(18-20-53)23-48-37-6-4-5-34-36(37)25-54(45(34)58)38-14-16-40(56)50-44(38)57/h4-7,9-13,21-22,27,30,35,38,48H,14,16-20,23-25H2,1-3H3,(H,50,56,57)/t27-,35?,38?/m0/s1. The van der Waals surface area contributed by atoms with Crippen molar-refractivity contribution in [3.63, 3.8) is 0 Å². The van der Waals surface area contributed by atoms with Crippen molar-refractivity contribution in [2.24, 2.45) is 16.8 Å². The number of piperidine rings is 2. The fraction of sp³-hybridized carbons (Fsp3) is 0.356. The van der Waals surface area contributed by atoms with Crippen LogP contribution in [0.1, 0.15) is 90.0 Å². The van der Waals surface area contributed by atoms with Gasteiger partial charge in [-0.1, -0.05) is 53.4 Å². The normalized spacial score (nSPS) is 22.1. The highest BCUT2D eigenvalue weighted by Gasteiger charge is 2.40. The van der Waals surface area contributed by atoms with Gasteiger partial charge in [-0.15, -0.1) is 10.2 Å². The van der Waals surface area contributed by atoms with E-state index in [0.29, 0.717) is 29.5 Å². The molecule has 59 heavy (non-hydrogen) atoms. The number of halogens is 1. The fourth-order valence-corrected chi connectivity index (χ4v) is 9.85. The summed E-state index contributed by atoms with van der Waals surface area (Å²) in [7, 11) is 0. The Balaban J connectivity index is 0.818. The molecule has 9 rings (SSSR count). The summed E-state index contributed by atoms with van der Waals surface area (Å²) >= 11 is 7.90. The summed E-state index contributed by atoms with van der Waals surface area (Å²) < 4.78 is 2.10. The molecule has 7 heterocycles. The lowest BCUT2D eigenvalue weighted by molar-refractivity contribution is -0.136. The molecule has 3 atom stereocenters. The molecule has 0 aliphatic carbocycles. The fourth-order valence-electron chi connectivity index (χ4n) is 8.60. The van der Waals surface area contributed by atoms with Crippen molar-refractivity contribution < 1.29 is 14.4 Å². The molecule has 14 heteroatoms. The second-order valence-electron chi connectivity index (χ2n) is 15.9. The van der Waals surface area contributed by atoms with Crippen LogP contribution >= 0.6 is 23.4 Å². The smallest absolute Gasteiger partial charge is 0.255 e. The molecule has 0 saturated carbocycles.